The predicted molar refractivity (Wildman–Crippen MR) is 103 cm³/mol. The molecule has 1 aromatic heterocycles. The first-order chi connectivity index (χ1) is 12.5. The highest BCUT2D eigenvalue weighted by molar-refractivity contribution is 5.94. The van der Waals surface area contributed by atoms with E-state index < -0.39 is 0 Å². The van der Waals surface area contributed by atoms with Gasteiger partial charge in [-0.2, -0.15) is 0 Å². The number of aryl methyl sites for hydroxylation is 1. The van der Waals surface area contributed by atoms with Gasteiger partial charge in [0.15, 0.2) is 5.43 Å². The lowest BCUT2D eigenvalue weighted by molar-refractivity contribution is -0.922. The van der Waals surface area contributed by atoms with E-state index in [1.54, 1.807) is 18.2 Å². The Bertz CT molecular complexity index is 856. The first-order valence-electron chi connectivity index (χ1n) is 9.65. The van der Waals surface area contributed by atoms with Crippen LogP contribution >= 0.6 is 0 Å². The molecule has 140 valence electrons. The number of nitrogens with one attached hydrogen (secondary N) is 2. The molecule has 0 radical (unpaired) electrons. The molecule has 3 rings (SSSR count). The zero-order valence-electron chi connectivity index (χ0n) is 16.0. The van der Waals surface area contributed by atoms with Crippen molar-refractivity contribution in [2.45, 2.75) is 46.6 Å². The van der Waals surface area contributed by atoms with Gasteiger partial charge in [0, 0.05) is 22.5 Å². The van der Waals surface area contributed by atoms with Crippen LogP contribution in [0.25, 0.3) is 10.9 Å². The molecule has 1 aromatic carbocycles. The largest absolute Gasteiger partial charge is 0.462 e. The van der Waals surface area contributed by atoms with Crippen LogP contribution in [-0.4, -0.2) is 30.6 Å². The summed E-state index contributed by atoms with van der Waals surface area (Å²) in [5, 5.41) is 0.570. The zero-order chi connectivity index (χ0) is 18.7. The third-order valence-electron chi connectivity index (χ3n) is 5.28. The first-order valence-corrected chi connectivity index (χ1v) is 9.65. The molecule has 0 aliphatic carbocycles. The quantitative estimate of drug-likeness (QED) is 0.807. The van der Waals surface area contributed by atoms with E-state index >= 15 is 0 Å². The van der Waals surface area contributed by atoms with Crippen LogP contribution in [-0.2, 0) is 11.3 Å². The summed E-state index contributed by atoms with van der Waals surface area (Å²) in [4.78, 5) is 30.0. The Kier molecular flexibility index (Phi) is 5.77. The molecule has 2 N–H and O–H groups in total. The van der Waals surface area contributed by atoms with Gasteiger partial charge in [-0.1, -0.05) is 13.8 Å². The average molecular weight is 357 g/mol. The van der Waals surface area contributed by atoms with E-state index in [2.05, 4.69) is 11.9 Å². The smallest absolute Gasteiger partial charge is 0.338 e. The van der Waals surface area contributed by atoms with Gasteiger partial charge in [0.2, 0.25) is 0 Å². The summed E-state index contributed by atoms with van der Waals surface area (Å²) < 4.78 is 5.20. The lowest BCUT2D eigenvalue weighted by atomic mass is 9.99. The van der Waals surface area contributed by atoms with Crippen molar-refractivity contribution in [3.8, 4) is 0 Å². The number of esters is 1. The Labute approximate surface area is 154 Å². The van der Waals surface area contributed by atoms with Crippen LogP contribution in [0.3, 0.4) is 0 Å². The molecule has 26 heavy (non-hydrogen) atoms. The molecule has 2 heterocycles. The molecular weight excluding hydrogens is 328 g/mol. The van der Waals surface area contributed by atoms with E-state index in [1.807, 2.05) is 13.8 Å². The third kappa shape index (κ3) is 3.98. The van der Waals surface area contributed by atoms with Crippen LogP contribution in [0.15, 0.2) is 23.0 Å². The van der Waals surface area contributed by atoms with E-state index in [-0.39, 0.29) is 11.4 Å². The highest BCUT2D eigenvalue weighted by Crippen LogP contribution is 2.15. The normalized spacial score (nSPS) is 20.3. The van der Waals surface area contributed by atoms with Gasteiger partial charge in [-0.25, -0.2) is 4.79 Å². The molecule has 1 aliphatic rings. The highest BCUT2D eigenvalue weighted by atomic mass is 16.5. The Morgan fingerprint density at radius 1 is 1.38 bits per heavy atom. The van der Waals surface area contributed by atoms with Crippen LogP contribution in [0.5, 0.6) is 0 Å². The van der Waals surface area contributed by atoms with Gasteiger partial charge < -0.3 is 14.6 Å². The maximum atomic E-state index is 13.1. The van der Waals surface area contributed by atoms with Gasteiger partial charge >= 0.3 is 5.97 Å². The van der Waals surface area contributed by atoms with Crippen molar-refractivity contribution < 1.29 is 14.4 Å². The molecule has 2 unspecified atom stereocenters. The summed E-state index contributed by atoms with van der Waals surface area (Å²) in [6, 6.07) is 5.18. The van der Waals surface area contributed by atoms with Crippen LogP contribution < -0.4 is 10.3 Å². The fourth-order valence-electron chi connectivity index (χ4n) is 3.88. The number of hydrogen-bond acceptors (Lipinski definition) is 3. The number of hydrogen-bond donors (Lipinski definition) is 2. The monoisotopic (exact) mass is 357 g/mol. The minimum Gasteiger partial charge on any atom is -0.462 e. The number of carbonyl (C=O) groups excluding carboxylic acids is 1. The van der Waals surface area contributed by atoms with Crippen molar-refractivity contribution in [2.24, 2.45) is 5.92 Å². The van der Waals surface area contributed by atoms with E-state index in [1.165, 1.54) is 17.7 Å². The molecule has 0 spiro atoms. The van der Waals surface area contributed by atoms with Crippen LogP contribution in [0.2, 0.25) is 0 Å². The summed E-state index contributed by atoms with van der Waals surface area (Å²) in [6.45, 7) is 9.56. The third-order valence-corrected chi connectivity index (χ3v) is 5.28. The number of ether oxygens (including phenoxy) is 1. The molecule has 2 aromatic rings. The number of fused-ring (bicyclic) bond motifs is 1. The Hall–Kier alpha value is -2.14. The number of carbonyl (C=O) groups is 1. The Balaban J connectivity index is 1.94. The second-order valence-electron chi connectivity index (χ2n) is 7.58. The van der Waals surface area contributed by atoms with Gasteiger partial charge in [0.05, 0.1) is 30.8 Å². The summed E-state index contributed by atoms with van der Waals surface area (Å²) in [5.74, 6) is 0.337. The van der Waals surface area contributed by atoms with E-state index in [4.69, 9.17) is 4.74 Å². The van der Waals surface area contributed by atoms with Crippen molar-refractivity contribution >= 4 is 16.9 Å². The molecule has 0 amide bonds. The first kappa shape index (κ1) is 18.6. The molecule has 0 saturated carbocycles. The fourth-order valence-corrected chi connectivity index (χ4v) is 3.88. The lowest BCUT2D eigenvalue weighted by Gasteiger charge is -2.28. The van der Waals surface area contributed by atoms with E-state index in [0.717, 1.165) is 42.8 Å². The standard InChI is InChI=1S/C21H28N2O3/c1-4-10-26-21(25)16-7-8-19-17(11-16)20(24)18(15(3)22-19)13-23-9-5-6-14(2)12-23/h7-8,11,14H,4-6,9-10,12-13H2,1-3H3,(H,22,24)/p+1. The van der Waals surface area contributed by atoms with Gasteiger partial charge in [0.1, 0.15) is 6.54 Å². The van der Waals surface area contributed by atoms with Crippen LogP contribution in [0.4, 0.5) is 0 Å². The van der Waals surface area contributed by atoms with E-state index in [0.29, 0.717) is 23.5 Å². The molecule has 5 heteroatoms. The van der Waals surface area contributed by atoms with Crippen molar-refractivity contribution in [3.63, 3.8) is 0 Å². The van der Waals surface area contributed by atoms with Gasteiger partial charge in [-0.3, -0.25) is 4.79 Å². The summed E-state index contributed by atoms with van der Waals surface area (Å²) in [7, 11) is 0. The fraction of sp³-hybridized carbons (Fsp3) is 0.524. The zero-order valence-corrected chi connectivity index (χ0v) is 16.0. The minimum absolute atomic E-state index is 0.0344. The molecule has 1 saturated heterocycles. The Morgan fingerprint density at radius 2 is 2.19 bits per heavy atom. The molecule has 1 fully saturated rings. The second kappa shape index (κ2) is 8.04. The molecule has 0 bridgehead atoms. The molecule has 2 atom stereocenters. The van der Waals surface area contributed by atoms with Gasteiger partial charge in [-0.05, 0) is 44.4 Å². The number of aromatic nitrogens is 1. The maximum Gasteiger partial charge on any atom is 0.338 e. The van der Waals surface area contributed by atoms with E-state index in [9.17, 15) is 9.59 Å². The highest BCUT2D eigenvalue weighted by Gasteiger charge is 2.22. The maximum absolute atomic E-state index is 13.1. The van der Waals surface area contributed by atoms with Gasteiger partial charge in [-0.15, -0.1) is 0 Å². The molecular formula is C21H29N2O3+. The van der Waals surface area contributed by atoms with Crippen molar-refractivity contribution in [2.75, 3.05) is 19.7 Å². The number of piperidine rings is 1. The average Bonchev–Trinajstić information content (AvgIpc) is 2.63. The number of benzene rings is 1. The number of pyridine rings is 1. The number of quaternary nitrogens is 1. The Morgan fingerprint density at radius 3 is 2.92 bits per heavy atom. The lowest BCUT2D eigenvalue weighted by Crippen LogP contribution is -3.12. The molecule has 5 nitrogen and oxygen atoms in total. The van der Waals surface area contributed by atoms with Crippen LogP contribution in [0.1, 0.15) is 54.7 Å². The number of H-pyrrole nitrogens is 1. The predicted octanol–water partition coefficient (Wildman–Crippen LogP) is 2.22. The summed E-state index contributed by atoms with van der Waals surface area (Å²) in [6.07, 6.45) is 3.27. The summed E-state index contributed by atoms with van der Waals surface area (Å²) in [5.41, 5.74) is 3.00. The topological polar surface area (TPSA) is 63.6 Å². The summed E-state index contributed by atoms with van der Waals surface area (Å²) >= 11 is 0. The van der Waals surface area contributed by atoms with Crippen LogP contribution in [0, 0.1) is 12.8 Å². The number of rotatable bonds is 5. The van der Waals surface area contributed by atoms with Crippen molar-refractivity contribution in [3.05, 3.63) is 45.2 Å². The number of aromatic amines is 1. The SMILES string of the molecule is CCCOC(=O)c1ccc2[nH]c(C)c(C[NH+]3CCCC(C)C3)c(=O)c2c1. The molecule has 1 aliphatic heterocycles. The second-order valence-corrected chi connectivity index (χ2v) is 7.58. The van der Waals surface area contributed by atoms with Crippen molar-refractivity contribution in [1.82, 2.24) is 4.98 Å². The van der Waals surface area contributed by atoms with Gasteiger partial charge in [0.25, 0.3) is 0 Å². The minimum atomic E-state index is -0.370. The van der Waals surface area contributed by atoms with Crippen molar-refractivity contribution in [1.29, 1.82) is 0 Å². The number of likely N-dealkylation sites (tertiary alicyclic amines) is 1.